The van der Waals surface area contributed by atoms with E-state index in [-0.39, 0.29) is 11.8 Å². The Bertz CT molecular complexity index is 683. The molecule has 1 N–H and O–H groups in total. The van der Waals surface area contributed by atoms with Crippen molar-refractivity contribution in [1.29, 1.82) is 0 Å². The summed E-state index contributed by atoms with van der Waals surface area (Å²) < 4.78 is 1.03. The molecule has 1 saturated carbocycles. The van der Waals surface area contributed by atoms with Crippen LogP contribution in [0.4, 0.5) is 0 Å². The Balaban J connectivity index is 1.81. The number of nitrogens with one attached hydrogen (secondary N) is 1. The summed E-state index contributed by atoms with van der Waals surface area (Å²) in [5.74, 6) is 0.548. The third kappa shape index (κ3) is 3.81. The average Bonchev–Trinajstić information content (AvgIpc) is 3.08. The van der Waals surface area contributed by atoms with Gasteiger partial charge in [0.2, 0.25) is 0 Å². The molecule has 3 rings (SSSR count). The standard InChI is InChI=1S/C19H21BrN2O/c1-13-6-8-14(9-7-13)19(23)10-16(18-11-21-12-22-18)15-4-2-3-5-17(15)20/h2-5,11-12,14,16H,1,6-10H2,(H,21,22). The van der Waals surface area contributed by atoms with Gasteiger partial charge in [0.25, 0.3) is 0 Å². The number of Topliss-reactive ketones (excluding diaryl/α,β-unsaturated/α-hetero) is 1. The maximum Gasteiger partial charge on any atom is 0.137 e. The Hall–Kier alpha value is -1.68. The van der Waals surface area contributed by atoms with Gasteiger partial charge in [0.15, 0.2) is 0 Å². The highest BCUT2D eigenvalue weighted by molar-refractivity contribution is 9.10. The fourth-order valence-corrected chi connectivity index (χ4v) is 3.88. The number of benzene rings is 1. The minimum absolute atomic E-state index is 0.0192. The van der Waals surface area contributed by atoms with Crippen LogP contribution in [0.2, 0.25) is 0 Å². The van der Waals surface area contributed by atoms with Crippen molar-refractivity contribution in [2.45, 2.75) is 38.0 Å². The normalized spacial score (nSPS) is 17.2. The van der Waals surface area contributed by atoms with Crippen molar-refractivity contribution in [3.8, 4) is 0 Å². The van der Waals surface area contributed by atoms with Gasteiger partial charge >= 0.3 is 0 Å². The molecule has 0 amide bonds. The van der Waals surface area contributed by atoms with Gasteiger partial charge < -0.3 is 4.98 Å². The number of aromatic amines is 1. The SMILES string of the molecule is C=C1CCC(C(=O)CC(c2cnc[nH]2)c2ccccc2Br)CC1. The van der Waals surface area contributed by atoms with E-state index in [1.54, 1.807) is 6.33 Å². The number of allylic oxidation sites excluding steroid dienone is 1. The van der Waals surface area contributed by atoms with Gasteiger partial charge in [-0.15, -0.1) is 0 Å². The van der Waals surface area contributed by atoms with E-state index in [9.17, 15) is 4.79 Å². The number of hydrogen-bond acceptors (Lipinski definition) is 2. The van der Waals surface area contributed by atoms with Crippen molar-refractivity contribution in [3.05, 3.63) is 64.7 Å². The van der Waals surface area contributed by atoms with E-state index in [4.69, 9.17) is 0 Å². The van der Waals surface area contributed by atoms with E-state index in [1.165, 1.54) is 5.57 Å². The van der Waals surface area contributed by atoms with Gasteiger partial charge in [0, 0.05) is 34.6 Å². The lowest BCUT2D eigenvalue weighted by molar-refractivity contribution is -0.123. The predicted octanol–water partition coefficient (Wildman–Crippen LogP) is 5.01. The zero-order valence-electron chi connectivity index (χ0n) is 13.1. The number of aromatic nitrogens is 2. The molecule has 1 aliphatic rings. The number of nitrogens with zero attached hydrogens (tertiary/aromatic N) is 1. The predicted molar refractivity (Wildman–Crippen MR) is 95.3 cm³/mol. The van der Waals surface area contributed by atoms with E-state index in [0.29, 0.717) is 12.2 Å². The molecular formula is C19H21BrN2O. The molecule has 23 heavy (non-hydrogen) atoms. The molecule has 0 spiro atoms. The van der Waals surface area contributed by atoms with Crippen LogP contribution in [0.25, 0.3) is 0 Å². The van der Waals surface area contributed by atoms with Gasteiger partial charge in [-0.1, -0.05) is 46.3 Å². The van der Waals surface area contributed by atoms with Gasteiger partial charge in [0.05, 0.1) is 6.33 Å². The number of halogens is 1. The van der Waals surface area contributed by atoms with Crippen LogP contribution in [0.3, 0.4) is 0 Å². The Morgan fingerprint density at radius 3 is 2.74 bits per heavy atom. The van der Waals surface area contributed by atoms with Gasteiger partial charge in [-0.25, -0.2) is 4.98 Å². The van der Waals surface area contributed by atoms with Crippen LogP contribution in [-0.2, 0) is 4.79 Å². The number of carbonyl (C=O) groups excluding carboxylic acids is 1. The van der Waals surface area contributed by atoms with Gasteiger partial charge in [0.1, 0.15) is 5.78 Å². The summed E-state index contributed by atoms with van der Waals surface area (Å²) in [4.78, 5) is 20.1. The minimum Gasteiger partial charge on any atom is -0.348 e. The van der Waals surface area contributed by atoms with Crippen molar-refractivity contribution in [2.75, 3.05) is 0 Å². The van der Waals surface area contributed by atoms with Crippen LogP contribution in [0, 0.1) is 5.92 Å². The molecule has 0 aliphatic heterocycles. The summed E-state index contributed by atoms with van der Waals surface area (Å²) in [6.45, 7) is 4.04. The molecule has 1 aromatic carbocycles. The van der Waals surface area contributed by atoms with Crippen molar-refractivity contribution in [2.24, 2.45) is 5.92 Å². The maximum atomic E-state index is 12.8. The number of ketones is 1. The first-order valence-electron chi connectivity index (χ1n) is 8.07. The van der Waals surface area contributed by atoms with Crippen LogP contribution >= 0.6 is 15.9 Å². The van der Waals surface area contributed by atoms with E-state index < -0.39 is 0 Å². The molecule has 0 saturated heterocycles. The fraction of sp³-hybridized carbons (Fsp3) is 0.368. The number of H-pyrrole nitrogens is 1. The summed E-state index contributed by atoms with van der Waals surface area (Å²) in [6, 6.07) is 8.10. The van der Waals surface area contributed by atoms with E-state index in [0.717, 1.165) is 41.4 Å². The molecular weight excluding hydrogens is 352 g/mol. The highest BCUT2D eigenvalue weighted by Crippen LogP contribution is 2.35. The van der Waals surface area contributed by atoms with Crippen molar-refractivity contribution in [3.63, 3.8) is 0 Å². The molecule has 1 heterocycles. The lowest BCUT2D eigenvalue weighted by Gasteiger charge is -2.24. The maximum absolute atomic E-state index is 12.8. The topological polar surface area (TPSA) is 45.8 Å². The van der Waals surface area contributed by atoms with Crippen LogP contribution in [0.5, 0.6) is 0 Å². The zero-order chi connectivity index (χ0) is 16.2. The summed E-state index contributed by atoms with van der Waals surface area (Å²) >= 11 is 3.62. The van der Waals surface area contributed by atoms with Crippen molar-refractivity contribution >= 4 is 21.7 Å². The third-order valence-electron chi connectivity index (χ3n) is 4.73. The first-order valence-corrected chi connectivity index (χ1v) is 8.86. The average molecular weight is 373 g/mol. The molecule has 120 valence electrons. The van der Waals surface area contributed by atoms with E-state index in [1.807, 2.05) is 24.4 Å². The summed E-state index contributed by atoms with van der Waals surface area (Å²) in [7, 11) is 0. The molecule has 1 unspecified atom stereocenters. The second kappa shape index (κ2) is 7.26. The lowest BCUT2D eigenvalue weighted by atomic mass is 9.80. The zero-order valence-corrected chi connectivity index (χ0v) is 14.7. The highest BCUT2D eigenvalue weighted by atomic mass is 79.9. The molecule has 0 bridgehead atoms. The van der Waals surface area contributed by atoms with Crippen LogP contribution in [-0.4, -0.2) is 15.8 Å². The molecule has 1 aliphatic carbocycles. The minimum atomic E-state index is 0.0192. The van der Waals surface area contributed by atoms with Crippen molar-refractivity contribution < 1.29 is 4.79 Å². The number of imidazole rings is 1. The lowest BCUT2D eigenvalue weighted by Crippen LogP contribution is -2.21. The number of rotatable bonds is 5. The third-order valence-corrected chi connectivity index (χ3v) is 5.45. The second-order valence-corrected chi connectivity index (χ2v) is 7.13. The first-order chi connectivity index (χ1) is 11.1. The Morgan fingerprint density at radius 1 is 1.35 bits per heavy atom. The van der Waals surface area contributed by atoms with Gasteiger partial charge in [-0.05, 0) is 37.3 Å². The molecule has 1 atom stereocenters. The highest BCUT2D eigenvalue weighted by Gasteiger charge is 2.27. The summed E-state index contributed by atoms with van der Waals surface area (Å²) in [6.07, 6.45) is 7.88. The molecule has 3 nitrogen and oxygen atoms in total. The molecule has 1 fully saturated rings. The van der Waals surface area contributed by atoms with Crippen LogP contribution in [0.1, 0.15) is 49.3 Å². The molecule has 4 heteroatoms. The smallest absolute Gasteiger partial charge is 0.137 e. The van der Waals surface area contributed by atoms with E-state index in [2.05, 4.69) is 38.5 Å². The molecule has 1 aromatic heterocycles. The fourth-order valence-electron chi connectivity index (χ4n) is 3.32. The first kappa shape index (κ1) is 16.2. The van der Waals surface area contributed by atoms with Gasteiger partial charge in [-0.2, -0.15) is 0 Å². The van der Waals surface area contributed by atoms with Crippen LogP contribution < -0.4 is 0 Å². The summed E-state index contributed by atoms with van der Waals surface area (Å²) in [5.41, 5.74) is 3.40. The monoisotopic (exact) mass is 372 g/mol. The molecule has 0 radical (unpaired) electrons. The second-order valence-electron chi connectivity index (χ2n) is 6.28. The summed E-state index contributed by atoms with van der Waals surface area (Å²) in [5, 5.41) is 0. The Morgan fingerprint density at radius 2 is 2.09 bits per heavy atom. The Kier molecular flexibility index (Phi) is 5.11. The van der Waals surface area contributed by atoms with Crippen molar-refractivity contribution in [1.82, 2.24) is 9.97 Å². The Labute approximate surface area is 145 Å². The largest absolute Gasteiger partial charge is 0.348 e. The van der Waals surface area contributed by atoms with E-state index >= 15 is 0 Å². The molecule has 2 aromatic rings. The number of carbonyl (C=O) groups is 1. The number of hydrogen-bond donors (Lipinski definition) is 1. The van der Waals surface area contributed by atoms with Crippen LogP contribution in [0.15, 0.2) is 53.4 Å². The van der Waals surface area contributed by atoms with Gasteiger partial charge in [-0.3, -0.25) is 4.79 Å². The quantitative estimate of drug-likeness (QED) is 0.749.